The smallest absolute Gasteiger partial charge is 0.331 e. The molecule has 0 bridgehead atoms. The number of carbonyl (C=O) groups is 1. The van der Waals surface area contributed by atoms with Gasteiger partial charge in [-0.15, -0.1) is 0 Å². The van der Waals surface area contributed by atoms with Gasteiger partial charge in [-0.3, -0.25) is 18.7 Å². The van der Waals surface area contributed by atoms with E-state index in [1.807, 2.05) is 31.2 Å². The molecule has 1 amide bonds. The molecule has 0 aliphatic carbocycles. The first-order valence-electron chi connectivity index (χ1n) is 10.1. The van der Waals surface area contributed by atoms with Crippen molar-refractivity contribution in [2.24, 2.45) is 0 Å². The van der Waals surface area contributed by atoms with Crippen LogP contribution in [0.1, 0.15) is 18.2 Å². The Kier molecular flexibility index (Phi) is 5.58. The van der Waals surface area contributed by atoms with E-state index in [1.54, 1.807) is 54.5 Å². The highest BCUT2D eigenvalue weighted by Crippen LogP contribution is 2.20. The van der Waals surface area contributed by atoms with Crippen molar-refractivity contribution in [3.8, 4) is 0 Å². The second kappa shape index (κ2) is 8.47. The first-order valence-corrected chi connectivity index (χ1v) is 10.1. The van der Waals surface area contributed by atoms with E-state index in [4.69, 9.17) is 4.42 Å². The zero-order chi connectivity index (χ0) is 22.0. The van der Waals surface area contributed by atoms with Gasteiger partial charge in [0.05, 0.1) is 23.7 Å². The van der Waals surface area contributed by atoms with Crippen LogP contribution in [0.15, 0.2) is 80.9 Å². The minimum absolute atomic E-state index is 0.200. The number of hydrogen-bond donors (Lipinski definition) is 0. The van der Waals surface area contributed by atoms with Crippen molar-refractivity contribution in [3.63, 3.8) is 0 Å². The molecule has 4 aromatic rings. The van der Waals surface area contributed by atoms with E-state index in [1.165, 1.54) is 4.57 Å². The number of hydrogen-bond acceptors (Lipinski definition) is 4. The summed E-state index contributed by atoms with van der Waals surface area (Å²) in [6.07, 6.45) is 1.56. The van der Waals surface area contributed by atoms with Gasteiger partial charge in [0.25, 0.3) is 5.56 Å². The average Bonchev–Trinajstić information content (AvgIpc) is 3.29. The number of nitrogens with zero attached hydrogens (tertiary/aromatic N) is 3. The van der Waals surface area contributed by atoms with Crippen molar-refractivity contribution in [2.45, 2.75) is 33.5 Å². The molecule has 0 unspecified atom stereocenters. The summed E-state index contributed by atoms with van der Waals surface area (Å²) in [5.41, 5.74) is 1.37. The lowest BCUT2D eigenvalue weighted by molar-refractivity contribution is -0.119. The van der Waals surface area contributed by atoms with Gasteiger partial charge in [-0.25, -0.2) is 4.79 Å². The van der Waals surface area contributed by atoms with E-state index in [2.05, 4.69) is 0 Å². The maximum absolute atomic E-state index is 13.4. The Morgan fingerprint density at radius 1 is 0.968 bits per heavy atom. The predicted octanol–water partition coefficient (Wildman–Crippen LogP) is 3.32. The maximum Gasteiger partial charge on any atom is 0.331 e. The maximum atomic E-state index is 13.4. The molecule has 0 spiro atoms. The van der Waals surface area contributed by atoms with Crippen LogP contribution in [0.2, 0.25) is 0 Å². The fourth-order valence-corrected chi connectivity index (χ4v) is 3.63. The van der Waals surface area contributed by atoms with Crippen LogP contribution in [-0.4, -0.2) is 15.0 Å². The highest BCUT2D eigenvalue weighted by atomic mass is 16.3. The summed E-state index contributed by atoms with van der Waals surface area (Å²) < 4.78 is 7.97. The molecule has 0 atom stereocenters. The third kappa shape index (κ3) is 3.94. The summed E-state index contributed by atoms with van der Waals surface area (Å²) in [4.78, 5) is 40.7. The lowest BCUT2D eigenvalue weighted by Crippen LogP contribution is -2.43. The van der Waals surface area contributed by atoms with E-state index < -0.39 is 5.69 Å². The molecule has 2 aromatic heterocycles. The van der Waals surface area contributed by atoms with Crippen molar-refractivity contribution in [1.82, 2.24) is 9.13 Å². The molecule has 0 fully saturated rings. The van der Waals surface area contributed by atoms with Crippen molar-refractivity contribution < 1.29 is 9.21 Å². The van der Waals surface area contributed by atoms with Gasteiger partial charge in [0.1, 0.15) is 12.3 Å². The highest BCUT2D eigenvalue weighted by Gasteiger charge is 2.21. The van der Waals surface area contributed by atoms with E-state index >= 15 is 0 Å². The number of amides is 1. The summed E-state index contributed by atoms with van der Waals surface area (Å²) >= 11 is 0. The van der Waals surface area contributed by atoms with Gasteiger partial charge in [0.2, 0.25) is 5.91 Å². The Bertz CT molecular complexity index is 1330. The fraction of sp³-hybridized carbons (Fsp3) is 0.208. The molecule has 0 aliphatic rings. The Hall–Kier alpha value is -3.87. The predicted molar refractivity (Wildman–Crippen MR) is 119 cm³/mol. The normalized spacial score (nSPS) is 11.0. The Morgan fingerprint density at radius 3 is 2.39 bits per heavy atom. The molecule has 31 heavy (non-hydrogen) atoms. The van der Waals surface area contributed by atoms with Gasteiger partial charge in [-0.1, -0.05) is 29.8 Å². The molecule has 0 aliphatic heterocycles. The van der Waals surface area contributed by atoms with E-state index in [0.717, 1.165) is 10.1 Å². The summed E-state index contributed by atoms with van der Waals surface area (Å²) in [6, 6.07) is 18.0. The molecule has 0 radical (unpaired) electrons. The number of para-hydroxylation sites is 1. The molecule has 158 valence electrons. The molecule has 4 rings (SSSR count). The van der Waals surface area contributed by atoms with E-state index in [-0.39, 0.29) is 31.1 Å². The van der Waals surface area contributed by atoms with Crippen LogP contribution < -0.4 is 16.1 Å². The van der Waals surface area contributed by atoms with Crippen molar-refractivity contribution in [3.05, 3.63) is 99.1 Å². The van der Waals surface area contributed by atoms with Crippen molar-refractivity contribution in [1.29, 1.82) is 0 Å². The van der Waals surface area contributed by atoms with Crippen LogP contribution in [0.25, 0.3) is 10.9 Å². The first-order chi connectivity index (χ1) is 15.0. The monoisotopic (exact) mass is 417 g/mol. The van der Waals surface area contributed by atoms with Crippen LogP contribution >= 0.6 is 0 Å². The highest BCUT2D eigenvalue weighted by molar-refractivity contribution is 5.94. The third-order valence-corrected chi connectivity index (χ3v) is 5.28. The number of aryl methyl sites for hydroxylation is 1. The van der Waals surface area contributed by atoms with Crippen molar-refractivity contribution in [2.75, 3.05) is 4.90 Å². The van der Waals surface area contributed by atoms with Crippen LogP contribution in [-0.2, 0) is 24.4 Å². The minimum atomic E-state index is -0.499. The zero-order valence-corrected chi connectivity index (χ0v) is 17.4. The number of rotatable bonds is 6. The van der Waals surface area contributed by atoms with Gasteiger partial charge in [-0.2, -0.15) is 0 Å². The molecule has 2 aromatic carbocycles. The van der Waals surface area contributed by atoms with Gasteiger partial charge in [-0.05, 0) is 50.2 Å². The summed E-state index contributed by atoms with van der Waals surface area (Å²) in [5, 5.41) is 0.407. The van der Waals surface area contributed by atoms with Gasteiger partial charge in [0, 0.05) is 12.2 Å². The number of furan rings is 1. The molecule has 7 heteroatoms. The van der Waals surface area contributed by atoms with Crippen molar-refractivity contribution >= 4 is 22.5 Å². The van der Waals surface area contributed by atoms with Crippen LogP contribution in [0.3, 0.4) is 0 Å². The second-order valence-corrected chi connectivity index (χ2v) is 7.33. The summed E-state index contributed by atoms with van der Waals surface area (Å²) in [5.74, 6) is 0.346. The Labute approximate surface area is 178 Å². The van der Waals surface area contributed by atoms with Gasteiger partial charge in [0.15, 0.2) is 0 Å². The van der Waals surface area contributed by atoms with Gasteiger partial charge >= 0.3 is 5.69 Å². The molecular weight excluding hydrogens is 394 g/mol. The molecular formula is C24H23N3O4. The minimum Gasteiger partial charge on any atom is -0.467 e. The average molecular weight is 417 g/mol. The topological polar surface area (TPSA) is 77.5 Å². The van der Waals surface area contributed by atoms with Crippen LogP contribution in [0.4, 0.5) is 5.69 Å². The SMILES string of the molecule is CCn1c(=O)c2ccccc2n(CC(=O)N(Cc2ccco2)c2ccc(C)cc2)c1=O. The third-order valence-electron chi connectivity index (χ3n) is 5.28. The lowest BCUT2D eigenvalue weighted by atomic mass is 10.2. The number of carbonyl (C=O) groups excluding carboxylic acids is 1. The summed E-state index contributed by atoms with van der Waals surface area (Å²) in [6.45, 7) is 3.97. The number of aromatic nitrogens is 2. The first kappa shape index (κ1) is 20.4. The van der Waals surface area contributed by atoms with Crippen LogP contribution in [0.5, 0.6) is 0 Å². The zero-order valence-electron chi connectivity index (χ0n) is 17.4. The largest absolute Gasteiger partial charge is 0.467 e. The number of benzene rings is 2. The van der Waals surface area contributed by atoms with Gasteiger partial charge < -0.3 is 9.32 Å². The Morgan fingerprint density at radius 2 is 1.71 bits per heavy atom. The molecule has 0 saturated heterocycles. The molecule has 0 saturated carbocycles. The molecule has 7 nitrogen and oxygen atoms in total. The molecule has 0 N–H and O–H groups in total. The van der Waals surface area contributed by atoms with E-state index in [9.17, 15) is 14.4 Å². The van der Waals surface area contributed by atoms with Crippen LogP contribution in [0, 0.1) is 6.92 Å². The number of fused-ring (bicyclic) bond motifs is 1. The van der Waals surface area contributed by atoms with E-state index in [0.29, 0.717) is 22.4 Å². The quantitative estimate of drug-likeness (QED) is 0.482. The Balaban J connectivity index is 1.79. The lowest BCUT2D eigenvalue weighted by Gasteiger charge is -2.23. The molecule has 2 heterocycles. The fourth-order valence-electron chi connectivity index (χ4n) is 3.63. The summed E-state index contributed by atoms with van der Waals surface area (Å²) in [7, 11) is 0. The number of anilines is 1. The standard InChI is InChI=1S/C24H23N3O4/c1-3-25-23(29)20-8-4-5-9-21(20)27(24(25)30)16-22(28)26(15-19-7-6-14-31-19)18-12-10-17(2)11-13-18/h4-14H,3,15-16H2,1-2H3. The second-order valence-electron chi connectivity index (χ2n) is 7.33.